The van der Waals surface area contributed by atoms with Crippen LogP contribution in [0.15, 0.2) is 0 Å². The Labute approximate surface area is 121 Å². The van der Waals surface area contributed by atoms with Crippen LogP contribution >= 0.6 is 11.3 Å². The average Bonchev–Trinajstić information content (AvgIpc) is 2.77. The molecule has 6 nitrogen and oxygen atoms in total. The Morgan fingerprint density at radius 3 is 3.00 bits per heavy atom. The van der Waals surface area contributed by atoms with Crippen LogP contribution in [-0.4, -0.2) is 46.5 Å². The lowest BCUT2D eigenvalue weighted by Crippen LogP contribution is -2.34. The van der Waals surface area contributed by atoms with Gasteiger partial charge in [0.25, 0.3) is 0 Å². The highest BCUT2D eigenvalue weighted by Crippen LogP contribution is 2.25. The number of nitrogens with one attached hydrogen (secondary N) is 1. The molecule has 0 saturated heterocycles. The van der Waals surface area contributed by atoms with Crippen LogP contribution in [0.4, 0.5) is 0 Å². The first-order valence-corrected chi connectivity index (χ1v) is 7.58. The second-order valence-electron chi connectivity index (χ2n) is 4.86. The van der Waals surface area contributed by atoms with Crippen LogP contribution in [0.25, 0.3) is 0 Å². The van der Waals surface area contributed by atoms with Gasteiger partial charge in [-0.25, -0.2) is 4.98 Å². The number of thiazole rings is 1. The van der Waals surface area contributed by atoms with Crippen molar-refractivity contribution in [1.82, 2.24) is 15.2 Å². The van der Waals surface area contributed by atoms with Crippen molar-refractivity contribution < 1.29 is 14.7 Å². The lowest BCUT2D eigenvalue weighted by molar-refractivity contribution is -0.138. The van der Waals surface area contributed by atoms with E-state index in [1.165, 1.54) is 11.3 Å². The summed E-state index contributed by atoms with van der Waals surface area (Å²) in [6.45, 7) is 4.10. The van der Waals surface area contributed by atoms with Gasteiger partial charge in [-0.2, -0.15) is 0 Å². The number of fused-ring (bicyclic) bond motifs is 1. The molecule has 7 heteroatoms. The Morgan fingerprint density at radius 2 is 2.30 bits per heavy atom. The number of hydrogen-bond donors (Lipinski definition) is 2. The molecule has 0 aliphatic carbocycles. The molecule has 1 aliphatic heterocycles. The lowest BCUT2D eigenvalue weighted by atomic mass is 10.2. The molecule has 0 spiro atoms. The molecule has 0 fully saturated rings. The number of aromatic nitrogens is 1. The van der Waals surface area contributed by atoms with E-state index in [1.54, 1.807) is 0 Å². The smallest absolute Gasteiger partial charge is 0.317 e. The highest BCUT2D eigenvalue weighted by molar-refractivity contribution is 7.11. The van der Waals surface area contributed by atoms with Crippen molar-refractivity contribution in [3.05, 3.63) is 15.6 Å². The van der Waals surface area contributed by atoms with Crippen LogP contribution < -0.4 is 5.32 Å². The van der Waals surface area contributed by atoms with Gasteiger partial charge in [0, 0.05) is 30.9 Å². The Hall–Kier alpha value is -1.47. The summed E-state index contributed by atoms with van der Waals surface area (Å²) >= 11 is 1.52. The van der Waals surface area contributed by atoms with E-state index < -0.39 is 5.97 Å². The number of carboxylic acids is 1. The molecule has 110 valence electrons. The Kier molecular flexibility index (Phi) is 5.08. The van der Waals surface area contributed by atoms with Crippen LogP contribution in [-0.2, 0) is 29.0 Å². The summed E-state index contributed by atoms with van der Waals surface area (Å²) in [5.41, 5.74) is 1.02. The number of nitrogens with zero attached hydrogens (tertiary/aromatic N) is 2. The monoisotopic (exact) mass is 297 g/mol. The first-order valence-electron chi connectivity index (χ1n) is 6.76. The van der Waals surface area contributed by atoms with E-state index in [-0.39, 0.29) is 12.5 Å². The van der Waals surface area contributed by atoms with E-state index >= 15 is 0 Å². The molecule has 0 atom stereocenters. The molecule has 0 radical (unpaired) electrons. The fraction of sp³-hybridized carbons (Fsp3) is 0.615. The van der Waals surface area contributed by atoms with Crippen LogP contribution in [0.3, 0.4) is 0 Å². The highest BCUT2D eigenvalue weighted by atomic mass is 32.1. The number of rotatable bonds is 6. The summed E-state index contributed by atoms with van der Waals surface area (Å²) in [4.78, 5) is 29.9. The Bertz CT molecular complexity index is 501. The SMILES string of the molecule is CCCNC(=O)Cc1nc2c(s1)CN(CC(=O)O)CC2. The summed E-state index contributed by atoms with van der Waals surface area (Å²) in [5, 5.41) is 12.5. The third kappa shape index (κ3) is 4.01. The second-order valence-corrected chi connectivity index (χ2v) is 6.03. The number of hydrogen-bond acceptors (Lipinski definition) is 5. The van der Waals surface area contributed by atoms with Gasteiger partial charge in [-0.1, -0.05) is 6.92 Å². The molecular weight excluding hydrogens is 278 g/mol. The normalized spacial score (nSPS) is 14.8. The number of aliphatic carboxylic acids is 1. The van der Waals surface area contributed by atoms with Gasteiger partial charge in [0.1, 0.15) is 5.01 Å². The third-order valence-corrected chi connectivity index (χ3v) is 4.18. The van der Waals surface area contributed by atoms with E-state index in [9.17, 15) is 9.59 Å². The molecular formula is C13H19N3O3S. The Morgan fingerprint density at radius 1 is 1.50 bits per heavy atom. The van der Waals surface area contributed by atoms with Crippen molar-refractivity contribution in [1.29, 1.82) is 0 Å². The van der Waals surface area contributed by atoms with Crippen LogP contribution in [0.2, 0.25) is 0 Å². The molecule has 1 aliphatic rings. The quantitative estimate of drug-likeness (QED) is 0.806. The number of carbonyl (C=O) groups excluding carboxylic acids is 1. The summed E-state index contributed by atoms with van der Waals surface area (Å²) < 4.78 is 0. The summed E-state index contributed by atoms with van der Waals surface area (Å²) in [7, 11) is 0. The molecule has 1 aromatic rings. The lowest BCUT2D eigenvalue weighted by Gasteiger charge is -2.23. The van der Waals surface area contributed by atoms with Gasteiger partial charge in [-0.3, -0.25) is 14.5 Å². The Balaban J connectivity index is 1.94. The van der Waals surface area contributed by atoms with Gasteiger partial charge in [0.05, 0.1) is 18.7 Å². The van der Waals surface area contributed by atoms with E-state index in [2.05, 4.69) is 10.3 Å². The van der Waals surface area contributed by atoms with Crippen molar-refractivity contribution in [2.45, 2.75) is 32.7 Å². The maximum absolute atomic E-state index is 11.7. The van der Waals surface area contributed by atoms with E-state index in [0.29, 0.717) is 26.1 Å². The van der Waals surface area contributed by atoms with Crippen molar-refractivity contribution in [3.63, 3.8) is 0 Å². The predicted molar refractivity (Wildman–Crippen MR) is 75.7 cm³/mol. The van der Waals surface area contributed by atoms with Crippen molar-refractivity contribution in [2.24, 2.45) is 0 Å². The third-order valence-electron chi connectivity index (χ3n) is 3.10. The molecule has 1 aromatic heterocycles. The van der Waals surface area contributed by atoms with Crippen molar-refractivity contribution >= 4 is 23.2 Å². The molecule has 20 heavy (non-hydrogen) atoms. The standard InChI is InChI=1S/C13H19N3O3S/c1-2-4-14-11(17)6-12-15-9-3-5-16(8-13(18)19)7-10(9)20-12/h2-8H2,1H3,(H,14,17)(H,18,19). The molecule has 2 N–H and O–H groups in total. The fourth-order valence-electron chi connectivity index (χ4n) is 2.17. The van der Waals surface area contributed by atoms with Gasteiger partial charge in [0.15, 0.2) is 0 Å². The molecule has 2 rings (SSSR count). The fourth-order valence-corrected chi connectivity index (χ4v) is 3.32. The van der Waals surface area contributed by atoms with Gasteiger partial charge in [-0.05, 0) is 6.42 Å². The summed E-state index contributed by atoms with van der Waals surface area (Å²) in [6, 6.07) is 0. The minimum absolute atomic E-state index is 0.000314. The number of carbonyl (C=O) groups is 2. The molecule has 0 saturated carbocycles. The van der Waals surface area contributed by atoms with Gasteiger partial charge in [-0.15, -0.1) is 11.3 Å². The number of carboxylic acid groups (broad SMARTS) is 1. The molecule has 2 heterocycles. The maximum atomic E-state index is 11.7. The topological polar surface area (TPSA) is 82.5 Å². The highest BCUT2D eigenvalue weighted by Gasteiger charge is 2.22. The largest absolute Gasteiger partial charge is 0.480 e. The van der Waals surface area contributed by atoms with Crippen LogP contribution in [0.5, 0.6) is 0 Å². The maximum Gasteiger partial charge on any atom is 0.317 e. The molecule has 0 bridgehead atoms. The molecule has 0 aromatic carbocycles. The zero-order valence-corrected chi connectivity index (χ0v) is 12.3. The minimum atomic E-state index is -0.808. The second kappa shape index (κ2) is 6.81. The molecule has 0 unspecified atom stereocenters. The van der Waals surface area contributed by atoms with Crippen molar-refractivity contribution in [3.8, 4) is 0 Å². The van der Waals surface area contributed by atoms with Gasteiger partial charge >= 0.3 is 5.97 Å². The van der Waals surface area contributed by atoms with E-state index in [1.807, 2.05) is 11.8 Å². The first-order chi connectivity index (χ1) is 9.58. The average molecular weight is 297 g/mol. The minimum Gasteiger partial charge on any atom is -0.480 e. The summed E-state index contributed by atoms with van der Waals surface area (Å²) in [5.74, 6) is -0.808. The van der Waals surface area contributed by atoms with Crippen molar-refractivity contribution in [2.75, 3.05) is 19.6 Å². The summed E-state index contributed by atoms with van der Waals surface area (Å²) in [6.07, 6.45) is 2.00. The predicted octanol–water partition coefficient (Wildman–Crippen LogP) is 0.654. The van der Waals surface area contributed by atoms with Crippen LogP contribution in [0, 0.1) is 0 Å². The van der Waals surface area contributed by atoms with E-state index in [4.69, 9.17) is 5.11 Å². The molecule has 1 amide bonds. The van der Waals surface area contributed by atoms with Gasteiger partial charge in [0.2, 0.25) is 5.91 Å². The zero-order chi connectivity index (χ0) is 14.5. The first kappa shape index (κ1) is 14.9. The van der Waals surface area contributed by atoms with Gasteiger partial charge < -0.3 is 10.4 Å². The van der Waals surface area contributed by atoms with Crippen LogP contribution in [0.1, 0.15) is 28.9 Å². The van der Waals surface area contributed by atoms with E-state index in [0.717, 1.165) is 28.4 Å². The number of amides is 1. The zero-order valence-electron chi connectivity index (χ0n) is 11.5.